The van der Waals surface area contributed by atoms with E-state index in [0.29, 0.717) is 50.5 Å². The molecule has 3 aliphatic heterocycles. The Bertz CT molecular complexity index is 1760. The second-order valence-electron chi connectivity index (χ2n) is 9.33. The minimum atomic E-state index is -1.92. The second-order valence-corrected chi connectivity index (χ2v) is 9.33. The standard InChI is InChI=1S/C28H20N2O7/c1-2-28(34)18-10-20-24-16(11-30(20)26(32)17(18)12-35-27(28)33)23(15-5-3-4-6-19(15)29-24)25(31)14-7-8-21-22(9-14)37-13-36-21/h3-10,34H,2,11-13H2,1H3/t28-/m0/s1. The van der Waals surface area contributed by atoms with Crippen LogP contribution in [0.25, 0.3) is 22.3 Å². The number of rotatable bonds is 3. The highest BCUT2D eigenvalue weighted by Gasteiger charge is 2.45. The average Bonchev–Trinajstić information content (AvgIpc) is 3.53. The zero-order valence-electron chi connectivity index (χ0n) is 19.7. The number of para-hydroxylation sites is 1. The van der Waals surface area contributed by atoms with Crippen molar-refractivity contribution in [1.82, 2.24) is 9.55 Å². The Kier molecular flexibility index (Phi) is 4.41. The van der Waals surface area contributed by atoms with Gasteiger partial charge in [-0.15, -0.1) is 0 Å². The number of pyridine rings is 2. The van der Waals surface area contributed by atoms with Crippen molar-refractivity contribution in [2.24, 2.45) is 0 Å². The van der Waals surface area contributed by atoms with Crippen LogP contribution in [0.3, 0.4) is 0 Å². The van der Waals surface area contributed by atoms with Crippen molar-refractivity contribution in [3.8, 4) is 22.9 Å². The molecule has 0 saturated heterocycles. The van der Waals surface area contributed by atoms with E-state index in [4.69, 9.17) is 19.2 Å². The third-order valence-electron chi connectivity index (χ3n) is 7.46. The molecular weight excluding hydrogens is 476 g/mol. The molecule has 2 aromatic carbocycles. The van der Waals surface area contributed by atoms with Gasteiger partial charge in [0, 0.05) is 27.6 Å². The highest BCUT2D eigenvalue weighted by Crippen LogP contribution is 2.41. The number of aromatic nitrogens is 2. The molecule has 1 atom stereocenters. The minimum absolute atomic E-state index is 0.0492. The van der Waals surface area contributed by atoms with Crippen LogP contribution in [-0.4, -0.2) is 33.2 Å². The van der Waals surface area contributed by atoms with Gasteiger partial charge in [-0.3, -0.25) is 9.59 Å². The number of aliphatic hydroxyl groups is 1. The molecule has 0 aliphatic carbocycles. The Morgan fingerprint density at radius 1 is 1.05 bits per heavy atom. The van der Waals surface area contributed by atoms with Crippen molar-refractivity contribution in [2.45, 2.75) is 32.1 Å². The van der Waals surface area contributed by atoms with Gasteiger partial charge >= 0.3 is 5.97 Å². The molecule has 0 unspecified atom stereocenters. The van der Waals surface area contributed by atoms with Gasteiger partial charge in [0.2, 0.25) is 6.79 Å². The molecule has 5 heterocycles. The summed E-state index contributed by atoms with van der Waals surface area (Å²) in [5, 5.41) is 11.8. The first-order chi connectivity index (χ1) is 17.9. The van der Waals surface area contributed by atoms with Gasteiger partial charge in [-0.1, -0.05) is 25.1 Å². The predicted molar refractivity (Wildman–Crippen MR) is 131 cm³/mol. The molecule has 4 aromatic rings. The molecule has 3 aliphatic rings. The Hall–Kier alpha value is -4.50. The average molecular weight is 496 g/mol. The summed E-state index contributed by atoms with van der Waals surface area (Å²) in [6.45, 7) is 1.66. The fourth-order valence-electron chi connectivity index (χ4n) is 5.47. The summed E-state index contributed by atoms with van der Waals surface area (Å²) in [6.07, 6.45) is 0.0492. The SMILES string of the molecule is CC[C@@]1(O)C(=O)OCc2c1cc1n(c2=O)Cc2c-1nc1ccccc1c2C(=O)c1ccc2c(c1)OCO2. The number of ketones is 1. The first kappa shape index (κ1) is 21.8. The van der Waals surface area contributed by atoms with Crippen LogP contribution >= 0.6 is 0 Å². The highest BCUT2D eigenvalue weighted by atomic mass is 16.7. The maximum Gasteiger partial charge on any atom is 0.343 e. The van der Waals surface area contributed by atoms with E-state index < -0.39 is 11.6 Å². The summed E-state index contributed by atoms with van der Waals surface area (Å²) in [5.74, 6) is 0.0557. The van der Waals surface area contributed by atoms with Crippen LogP contribution in [0.2, 0.25) is 0 Å². The molecule has 0 amide bonds. The largest absolute Gasteiger partial charge is 0.458 e. The summed E-state index contributed by atoms with van der Waals surface area (Å²) in [6, 6.07) is 14.0. The molecule has 0 bridgehead atoms. The molecule has 37 heavy (non-hydrogen) atoms. The molecule has 7 rings (SSSR count). The van der Waals surface area contributed by atoms with Crippen molar-refractivity contribution in [1.29, 1.82) is 0 Å². The lowest BCUT2D eigenvalue weighted by Crippen LogP contribution is -2.44. The minimum Gasteiger partial charge on any atom is -0.458 e. The van der Waals surface area contributed by atoms with Crippen molar-refractivity contribution in [3.63, 3.8) is 0 Å². The van der Waals surface area contributed by atoms with Crippen LogP contribution < -0.4 is 15.0 Å². The van der Waals surface area contributed by atoms with E-state index in [1.54, 1.807) is 31.2 Å². The summed E-state index contributed by atoms with van der Waals surface area (Å²) >= 11 is 0. The lowest BCUT2D eigenvalue weighted by atomic mass is 9.86. The summed E-state index contributed by atoms with van der Waals surface area (Å²) in [7, 11) is 0. The summed E-state index contributed by atoms with van der Waals surface area (Å²) in [4.78, 5) is 44.8. The van der Waals surface area contributed by atoms with E-state index >= 15 is 0 Å². The maximum absolute atomic E-state index is 14.0. The Morgan fingerprint density at radius 3 is 2.70 bits per heavy atom. The van der Waals surface area contributed by atoms with E-state index in [-0.39, 0.29) is 48.8 Å². The number of carbonyl (C=O) groups excluding carboxylic acids is 2. The molecule has 184 valence electrons. The van der Waals surface area contributed by atoms with Crippen LogP contribution in [0, 0.1) is 0 Å². The number of benzene rings is 2. The van der Waals surface area contributed by atoms with Crippen LogP contribution in [0.15, 0.2) is 53.3 Å². The molecule has 0 saturated carbocycles. The number of hydrogen-bond donors (Lipinski definition) is 1. The molecule has 1 N–H and O–H groups in total. The van der Waals surface area contributed by atoms with Crippen LogP contribution in [0.4, 0.5) is 0 Å². The van der Waals surface area contributed by atoms with E-state index in [0.717, 1.165) is 0 Å². The van der Waals surface area contributed by atoms with Gasteiger partial charge in [0.05, 0.1) is 29.0 Å². The predicted octanol–water partition coefficient (Wildman–Crippen LogP) is 3.04. The van der Waals surface area contributed by atoms with E-state index in [1.807, 2.05) is 24.3 Å². The third kappa shape index (κ3) is 2.88. The van der Waals surface area contributed by atoms with Crippen LogP contribution in [0.5, 0.6) is 11.5 Å². The zero-order chi connectivity index (χ0) is 25.5. The van der Waals surface area contributed by atoms with Gasteiger partial charge in [0.1, 0.15) is 6.61 Å². The summed E-state index contributed by atoms with van der Waals surface area (Å²) < 4.78 is 17.5. The van der Waals surface area contributed by atoms with Crippen molar-refractivity contribution >= 4 is 22.7 Å². The maximum atomic E-state index is 14.0. The fraction of sp³-hybridized carbons (Fsp3) is 0.214. The van der Waals surface area contributed by atoms with Gasteiger partial charge in [-0.05, 0) is 36.8 Å². The van der Waals surface area contributed by atoms with E-state index in [9.17, 15) is 19.5 Å². The van der Waals surface area contributed by atoms with Gasteiger partial charge in [-0.2, -0.15) is 0 Å². The van der Waals surface area contributed by atoms with Crippen LogP contribution in [-0.2, 0) is 28.3 Å². The number of fused-ring (bicyclic) bond motifs is 6. The van der Waals surface area contributed by atoms with Gasteiger partial charge in [-0.25, -0.2) is 9.78 Å². The summed E-state index contributed by atoms with van der Waals surface area (Å²) in [5.41, 5.74) is 1.14. The molecule has 0 radical (unpaired) electrons. The van der Waals surface area contributed by atoms with Crippen molar-refractivity contribution < 1.29 is 28.9 Å². The molecule has 9 nitrogen and oxygen atoms in total. The number of nitrogens with zero attached hydrogens (tertiary/aromatic N) is 2. The third-order valence-corrected chi connectivity index (χ3v) is 7.46. The molecule has 9 heteroatoms. The molecular formula is C28H20N2O7. The first-order valence-electron chi connectivity index (χ1n) is 11.9. The zero-order valence-corrected chi connectivity index (χ0v) is 19.7. The number of esters is 1. The normalized spacial score (nSPS) is 18.8. The number of cyclic esters (lactones) is 1. The Balaban J connectivity index is 1.48. The molecule has 0 spiro atoms. The smallest absolute Gasteiger partial charge is 0.343 e. The van der Waals surface area contributed by atoms with Gasteiger partial charge < -0.3 is 23.9 Å². The highest BCUT2D eigenvalue weighted by molar-refractivity contribution is 6.18. The second kappa shape index (κ2) is 7.50. The Labute approximate surface area is 209 Å². The van der Waals surface area contributed by atoms with Gasteiger partial charge in [0.25, 0.3) is 5.56 Å². The van der Waals surface area contributed by atoms with Crippen LogP contribution in [0.1, 0.15) is 46.0 Å². The Morgan fingerprint density at radius 2 is 1.86 bits per heavy atom. The first-order valence-corrected chi connectivity index (χ1v) is 11.9. The van der Waals surface area contributed by atoms with Crippen molar-refractivity contribution in [3.05, 3.63) is 86.7 Å². The quantitative estimate of drug-likeness (QED) is 0.299. The van der Waals surface area contributed by atoms with Gasteiger partial charge in [0.15, 0.2) is 22.9 Å². The van der Waals surface area contributed by atoms with E-state index in [1.165, 1.54) is 4.57 Å². The number of hydrogen-bond acceptors (Lipinski definition) is 8. The lowest BCUT2D eigenvalue weighted by Gasteiger charge is -2.31. The van der Waals surface area contributed by atoms with Crippen molar-refractivity contribution in [2.75, 3.05) is 6.79 Å². The monoisotopic (exact) mass is 496 g/mol. The molecule has 2 aromatic heterocycles. The molecule has 0 fully saturated rings. The number of carbonyl (C=O) groups is 2. The number of ether oxygens (including phenoxy) is 3. The fourth-order valence-corrected chi connectivity index (χ4v) is 5.47. The van der Waals surface area contributed by atoms with E-state index in [2.05, 4.69) is 0 Å². The topological polar surface area (TPSA) is 117 Å². The lowest BCUT2D eigenvalue weighted by molar-refractivity contribution is -0.172.